The lowest BCUT2D eigenvalue weighted by Crippen LogP contribution is -2.50. The molecule has 0 unspecified atom stereocenters. The van der Waals surface area contributed by atoms with E-state index in [2.05, 4.69) is 16.0 Å². The van der Waals surface area contributed by atoms with Gasteiger partial charge in [0.2, 0.25) is 0 Å². The molecular formula is C32H36F3N5O6. The highest BCUT2D eigenvalue weighted by molar-refractivity contribution is 6.04. The second-order valence-corrected chi connectivity index (χ2v) is 11.0. The number of nitrogens with zero attached hydrogens (tertiary/aromatic N) is 2. The summed E-state index contributed by atoms with van der Waals surface area (Å²) in [4.78, 5) is 42.7. The highest BCUT2D eigenvalue weighted by Crippen LogP contribution is 2.35. The molecule has 5 amide bonds. The number of aliphatic hydroxyl groups is 1. The maximum absolute atomic E-state index is 13.7. The highest BCUT2D eigenvalue weighted by atomic mass is 19.4. The number of hydrogen-bond donors (Lipinski definition) is 4. The molecule has 246 valence electrons. The number of urea groups is 2. The summed E-state index contributed by atoms with van der Waals surface area (Å²) in [6, 6.07) is 13.6. The normalized spacial score (nSPS) is 17.0. The summed E-state index contributed by atoms with van der Waals surface area (Å²) in [6.07, 6.45) is -5.20. The molecule has 1 heterocycles. The van der Waals surface area contributed by atoms with Crippen LogP contribution in [0.3, 0.4) is 0 Å². The van der Waals surface area contributed by atoms with Crippen molar-refractivity contribution in [2.45, 2.75) is 32.2 Å². The Hall–Kier alpha value is -4.98. The van der Waals surface area contributed by atoms with Gasteiger partial charge in [0.1, 0.15) is 11.9 Å². The summed E-state index contributed by atoms with van der Waals surface area (Å²) in [5.74, 6) is -0.0863. The van der Waals surface area contributed by atoms with Crippen LogP contribution in [0.4, 0.5) is 39.8 Å². The number of likely N-dealkylation sites (N-methyl/N-ethyl adjacent to an activating group) is 1. The molecule has 46 heavy (non-hydrogen) atoms. The van der Waals surface area contributed by atoms with Gasteiger partial charge in [-0.3, -0.25) is 4.79 Å². The van der Waals surface area contributed by atoms with E-state index < -0.39 is 41.9 Å². The molecule has 0 fully saturated rings. The summed E-state index contributed by atoms with van der Waals surface area (Å²) >= 11 is 0. The minimum Gasteiger partial charge on any atom is -0.497 e. The minimum atomic E-state index is -4.52. The van der Waals surface area contributed by atoms with E-state index in [4.69, 9.17) is 9.47 Å². The molecule has 4 N–H and O–H groups in total. The van der Waals surface area contributed by atoms with E-state index in [1.807, 2.05) is 6.92 Å². The molecule has 0 aromatic heterocycles. The van der Waals surface area contributed by atoms with Gasteiger partial charge in [0.15, 0.2) is 5.75 Å². The first-order valence-corrected chi connectivity index (χ1v) is 14.4. The van der Waals surface area contributed by atoms with Gasteiger partial charge in [-0.05, 0) is 67.6 Å². The number of para-hydroxylation sites is 1. The van der Waals surface area contributed by atoms with Gasteiger partial charge in [0, 0.05) is 30.9 Å². The summed E-state index contributed by atoms with van der Waals surface area (Å²) in [7, 11) is 3.13. The van der Waals surface area contributed by atoms with Gasteiger partial charge < -0.3 is 40.3 Å². The third-order valence-electron chi connectivity index (χ3n) is 7.55. The molecule has 0 saturated carbocycles. The van der Waals surface area contributed by atoms with Crippen LogP contribution in [0.25, 0.3) is 0 Å². The van der Waals surface area contributed by atoms with Crippen molar-refractivity contribution in [3.8, 4) is 11.5 Å². The van der Waals surface area contributed by atoms with Crippen LogP contribution in [0.5, 0.6) is 11.5 Å². The molecule has 3 aromatic carbocycles. The van der Waals surface area contributed by atoms with Gasteiger partial charge in [-0.1, -0.05) is 13.0 Å². The molecule has 0 saturated heterocycles. The van der Waals surface area contributed by atoms with Crippen LogP contribution in [-0.2, 0) is 6.18 Å². The van der Waals surface area contributed by atoms with Crippen molar-refractivity contribution < 1.29 is 42.1 Å². The predicted octanol–water partition coefficient (Wildman–Crippen LogP) is 5.74. The Morgan fingerprint density at radius 2 is 1.67 bits per heavy atom. The van der Waals surface area contributed by atoms with Crippen molar-refractivity contribution in [1.82, 2.24) is 9.80 Å². The SMILES string of the molecule is COc1ccc(NC(=O)N(C)C[C@H]2Oc3c(NC(=O)Nc4ccc(C(F)(F)F)cc4)cccc3C(=O)N([C@@H](C)CO)C[C@H]2C)cc1. The van der Waals surface area contributed by atoms with Gasteiger partial charge in [-0.25, -0.2) is 9.59 Å². The highest BCUT2D eigenvalue weighted by Gasteiger charge is 2.35. The van der Waals surface area contributed by atoms with Crippen LogP contribution in [0, 0.1) is 5.92 Å². The van der Waals surface area contributed by atoms with Crippen molar-refractivity contribution in [3.05, 3.63) is 77.9 Å². The Balaban J connectivity index is 1.58. The molecule has 3 aromatic rings. The van der Waals surface area contributed by atoms with Crippen molar-refractivity contribution in [1.29, 1.82) is 0 Å². The average molecular weight is 644 g/mol. The number of aliphatic hydroxyl groups excluding tert-OH is 1. The first-order valence-electron chi connectivity index (χ1n) is 14.4. The monoisotopic (exact) mass is 643 g/mol. The predicted molar refractivity (Wildman–Crippen MR) is 166 cm³/mol. The lowest BCUT2D eigenvalue weighted by Gasteiger charge is -2.38. The number of nitrogens with one attached hydrogen (secondary N) is 3. The molecule has 0 radical (unpaired) electrons. The Kier molecular flexibility index (Phi) is 10.6. The number of rotatable bonds is 8. The number of amides is 5. The average Bonchev–Trinajstić information content (AvgIpc) is 3.02. The molecule has 4 rings (SSSR count). The summed E-state index contributed by atoms with van der Waals surface area (Å²) < 4.78 is 50.4. The fourth-order valence-electron chi connectivity index (χ4n) is 4.83. The van der Waals surface area contributed by atoms with Crippen LogP contribution in [0.15, 0.2) is 66.7 Å². The number of carbonyl (C=O) groups is 3. The van der Waals surface area contributed by atoms with Crippen molar-refractivity contribution in [2.24, 2.45) is 5.92 Å². The van der Waals surface area contributed by atoms with Crippen LogP contribution in [0.1, 0.15) is 29.8 Å². The zero-order valence-corrected chi connectivity index (χ0v) is 25.7. The smallest absolute Gasteiger partial charge is 0.416 e. The molecule has 0 bridgehead atoms. The van der Waals surface area contributed by atoms with Crippen molar-refractivity contribution in [2.75, 3.05) is 49.8 Å². The van der Waals surface area contributed by atoms with Gasteiger partial charge >= 0.3 is 18.2 Å². The first kappa shape index (κ1) is 33.9. The van der Waals surface area contributed by atoms with Crippen molar-refractivity contribution in [3.63, 3.8) is 0 Å². The fourth-order valence-corrected chi connectivity index (χ4v) is 4.83. The summed E-state index contributed by atoms with van der Waals surface area (Å²) in [6.45, 7) is 3.56. The van der Waals surface area contributed by atoms with Gasteiger partial charge in [0.25, 0.3) is 5.91 Å². The number of ether oxygens (including phenoxy) is 2. The maximum atomic E-state index is 13.7. The standard InChI is InChI=1S/C32H36F3N5O6/c1-19-16-40(20(2)18-41)29(42)25-6-5-7-26(38-30(43)36-22-10-8-21(9-11-22)32(33,34)35)28(25)46-27(19)17-39(3)31(44)37-23-12-14-24(45-4)15-13-23/h5-15,19-20,27,41H,16-18H2,1-4H3,(H,37,44)(H2,36,38,43)/t19-,20+,27-/m1/s1. The molecule has 14 heteroatoms. The molecule has 0 aliphatic carbocycles. The number of fused-ring (bicyclic) bond motifs is 1. The molecule has 1 aliphatic rings. The molecule has 0 spiro atoms. The second-order valence-electron chi connectivity index (χ2n) is 11.0. The number of hydrogen-bond acceptors (Lipinski definition) is 6. The lowest BCUT2D eigenvalue weighted by molar-refractivity contribution is -0.137. The number of anilines is 3. The van der Waals surface area contributed by atoms with Crippen LogP contribution in [0.2, 0.25) is 0 Å². The number of halogens is 3. The van der Waals surface area contributed by atoms with Gasteiger partial charge in [-0.15, -0.1) is 0 Å². The third kappa shape index (κ3) is 8.18. The molecule has 1 aliphatic heterocycles. The Morgan fingerprint density at radius 3 is 2.28 bits per heavy atom. The van der Waals surface area contributed by atoms with Crippen LogP contribution >= 0.6 is 0 Å². The quantitative estimate of drug-likeness (QED) is 0.248. The zero-order chi connectivity index (χ0) is 33.6. The van der Waals surface area contributed by atoms with E-state index >= 15 is 0 Å². The lowest BCUT2D eigenvalue weighted by atomic mass is 9.99. The number of alkyl halides is 3. The number of benzene rings is 3. The van der Waals surface area contributed by atoms with E-state index in [1.165, 1.54) is 21.9 Å². The summed E-state index contributed by atoms with van der Waals surface area (Å²) in [5, 5.41) is 17.8. The molecule has 3 atom stereocenters. The minimum absolute atomic E-state index is 0.0470. The first-order chi connectivity index (χ1) is 21.8. The Labute approximate surface area is 264 Å². The Morgan fingerprint density at radius 1 is 1.04 bits per heavy atom. The number of methoxy groups -OCH3 is 1. The number of carbonyl (C=O) groups excluding carboxylic acids is 3. The van der Waals surface area contributed by atoms with E-state index in [0.717, 1.165) is 24.3 Å². The topological polar surface area (TPSA) is 132 Å². The van der Waals surface area contributed by atoms with Crippen LogP contribution in [-0.4, -0.2) is 78.9 Å². The van der Waals surface area contributed by atoms with Gasteiger partial charge in [-0.2, -0.15) is 13.2 Å². The fraction of sp³-hybridized carbons (Fsp3) is 0.344. The molecule has 11 nitrogen and oxygen atoms in total. The van der Waals surface area contributed by atoms with E-state index in [0.29, 0.717) is 11.4 Å². The van der Waals surface area contributed by atoms with E-state index in [9.17, 15) is 32.7 Å². The third-order valence-corrected chi connectivity index (χ3v) is 7.55. The van der Waals surface area contributed by atoms with Gasteiger partial charge in [0.05, 0.1) is 43.1 Å². The maximum Gasteiger partial charge on any atom is 0.416 e. The molecular weight excluding hydrogens is 607 g/mol. The van der Waals surface area contributed by atoms with Crippen molar-refractivity contribution >= 4 is 35.0 Å². The zero-order valence-electron chi connectivity index (χ0n) is 25.7. The van der Waals surface area contributed by atoms with Crippen LogP contribution < -0.4 is 25.4 Å². The largest absolute Gasteiger partial charge is 0.497 e. The summed E-state index contributed by atoms with van der Waals surface area (Å²) in [5.41, 5.74) is 0.0411. The Bertz CT molecular complexity index is 1530. The second kappa shape index (κ2) is 14.4. The van der Waals surface area contributed by atoms with E-state index in [-0.39, 0.29) is 48.3 Å². The van der Waals surface area contributed by atoms with E-state index in [1.54, 1.807) is 51.4 Å².